The summed E-state index contributed by atoms with van der Waals surface area (Å²) in [6, 6.07) is 1.93. The molecule has 0 bridgehead atoms. The molecule has 1 unspecified atom stereocenters. The first-order chi connectivity index (χ1) is 14.1. The fourth-order valence-corrected chi connectivity index (χ4v) is 5.97. The van der Waals surface area contributed by atoms with Crippen LogP contribution in [0.3, 0.4) is 0 Å². The topological polar surface area (TPSA) is 76.7 Å². The Morgan fingerprint density at radius 1 is 1.30 bits per heavy atom. The van der Waals surface area contributed by atoms with Gasteiger partial charge in [-0.05, 0) is 74.0 Å². The molecular weight excluding hydrogens is 380 g/mol. The summed E-state index contributed by atoms with van der Waals surface area (Å²) in [5, 5.41) is 10.1. The van der Waals surface area contributed by atoms with Gasteiger partial charge in [0.1, 0.15) is 6.10 Å². The zero-order chi connectivity index (χ0) is 22.1. The van der Waals surface area contributed by atoms with Crippen LogP contribution in [0.2, 0.25) is 0 Å². The maximum atomic E-state index is 12.6. The van der Waals surface area contributed by atoms with Gasteiger partial charge in [-0.3, -0.25) is 0 Å². The number of carbonyl (C=O) groups excluding carboxylic acids is 1. The SMILES string of the molecule is C/C=C(/C)C(=O)OC1C=C(C(=O)O)[C@H](CCc2ccoc2)[C@@]2(C)CCCC(C)(C)[C@H]12. The Labute approximate surface area is 179 Å². The molecule has 2 aliphatic rings. The highest BCUT2D eigenvalue weighted by Gasteiger charge is 2.57. The molecular formula is C25H34O5. The number of carboxylic acids is 1. The third kappa shape index (κ3) is 4.12. The molecule has 0 amide bonds. The molecule has 5 nitrogen and oxygen atoms in total. The van der Waals surface area contributed by atoms with Crippen molar-refractivity contribution in [1.29, 1.82) is 0 Å². The van der Waals surface area contributed by atoms with E-state index in [1.807, 2.05) is 6.07 Å². The molecule has 0 radical (unpaired) electrons. The van der Waals surface area contributed by atoms with Gasteiger partial charge in [0.25, 0.3) is 0 Å². The summed E-state index contributed by atoms with van der Waals surface area (Å²) in [6.45, 7) is 10.2. The Balaban J connectivity index is 2.03. The van der Waals surface area contributed by atoms with Gasteiger partial charge in [-0.25, -0.2) is 9.59 Å². The van der Waals surface area contributed by atoms with Crippen LogP contribution in [-0.4, -0.2) is 23.1 Å². The summed E-state index contributed by atoms with van der Waals surface area (Å²) >= 11 is 0. The van der Waals surface area contributed by atoms with Crippen LogP contribution in [0.25, 0.3) is 0 Å². The Morgan fingerprint density at radius 2 is 2.03 bits per heavy atom. The van der Waals surface area contributed by atoms with Crippen molar-refractivity contribution in [3.8, 4) is 0 Å². The van der Waals surface area contributed by atoms with Crippen molar-refractivity contribution in [2.45, 2.75) is 72.8 Å². The van der Waals surface area contributed by atoms with Crippen LogP contribution in [0.15, 0.2) is 46.3 Å². The lowest BCUT2D eigenvalue weighted by atomic mass is 9.47. The molecule has 4 atom stereocenters. The first-order valence-corrected chi connectivity index (χ1v) is 10.9. The first-order valence-electron chi connectivity index (χ1n) is 10.9. The number of aryl methyl sites for hydroxylation is 1. The predicted octanol–water partition coefficient (Wildman–Crippen LogP) is 5.56. The van der Waals surface area contributed by atoms with Crippen molar-refractivity contribution in [2.24, 2.45) is 22.7 Å². The Morgan fingerprint density at radius 3 is 2.63 bits per heavy atom. The fraction of sp³-hybridized carbons (Fsp3) is 0.600. The number of esters is 1. The van der Waals surface area contributed by atoms with Gasteiger partial charge >= 0.3 is 11.9 Å². The van der Waals surface area contributed by atoms with Crippen LogP contribution in [0.4, 0.5) is 0 Å². The molecule has 30 heavy (non-hydrogen) atoms. The number of carbonyl (C=O) groups is 2. The minimum absolute atomic E-state index is 0.0593. The molecule has 0 aliphatic heterocycles. The molecule has 1 aromatic heterocycles. The van der Waals surface area contributed by atoms with E-state index < -0.39 is 12.1 Å². The van der Waals surface area contributed by atoms with E-state index in [2.05, 4.69) is 20.8 Å². The number of hydrogen-bond acceptors (Lipinski definition) is 4. The Kier molecular flexibility index (Phi) is 6.30. The molecule has 1 heterocycles. The summed E-state index contributed by atoms with van der Waals surface area (Å²) in [6.07, 6.45) is 10.8. The average Bonchev–Trinajstić information content (AvgIpc) is 3.18. The van der Waals surface area contributed by atoms with Crippen LogP contribution >= 0.6 is 0 Å². The van der Waals surface area contributed by atoms with E-state index in [0.717, 1.165) is 37.7 Å². The number of allylic oxidation sites excluding steroid dienone is 1. The number of fused-ring (bicyclic) bond motifs is 1. The second-order valence-corrected chi connectivity index (χ2v) is 9.82. The van der Waals surface area contributed by atoms with Gasteiger partial charge < -0.3 is 14.3 Å². The molecule has 0 aromatic carbocycles. The minimum atomic E-state index is -0.918. The van der Waals surface area contributed by atoms with Crippen molar-refractivity contribution in [2.75, 3.05) is 0 Å². The van der Waals surface area contributed by atoms with E-state index in [9.17, 15) is 14.7 Å². The number of furan rings is 1. The lowest BCUT2D eigenvalue weighted by Crippen LogP contribution is -2.56. The highest BCUT2D eigenvalue weighted by Crippen LogP contribution is 2.61. The molecule has 0 saturated heterocycles. The Hall–Kier alpha value is -2.30. The molecule has 1 saturated carbocycles. The van der Waals surface area contributed by atoms with Gasteiger partial charge in [-0.15, -0.1) is 0 Å². The monoisotopic (exact) mass is 414 g/mol. The zero-order valence-electron chi connectivity index (χ0n) is 18.7. The third-order valence-corrected chi connectivity index (χ3v) is 7.48. The first kappa shape index (κ1) is 22.4. The highest BCUT2D eigenvalue weighted by atomic mass is 16.5. The largest absolute Gasteiger partial charge is 0.478 e. The van der Waals surface area contributed by atoms with Crippen LogP contribution in [0.5, 0.6) is 0 Å². The molecule has 1 fully saturated rings. The maximum absolute atomic E-state index is 12.6. The number of ether oxygens (including phenoxy) is 1. The third-order valence-electron chi connectivity index (χ3n) is 7.48. The lowest BCUT2D eigenvalue weighted by molar-refractivity contribution is -0.161. The van der Waals surface area contributed by atoms with Crippen molar-refractivity contribution in [3.05, 3.63) is 47.5 Å². The summed E-state index contributed by atoms with van der Waals surface area (Å²) in [7, 11) is 0. The molecule has 2 aliphatic carbocycles. The van der Waals surface area contributed by atoms with Crippen molar-refractivity contribution >= 4 is 11.9 Å². The summed E-state index contributed by atoms with van der Waals surface area (Å²) in [4.78, 5) is 24.9. The predicted molar refractivity (Wildman–Crippen MR) is 115 cm³/mol. The number of aliphatic carboxylic acids is 1. The molecule has 1 N–H and O–H groups in total. The van der Waals surface area contributed by atoms with Crippen molar-refractivity contribution in [3.63, 3.8) is 0 Å². The Bertz CT molecular complexity index is 845. The molecule has 164 valence electrons. The van der Waals surface area contributed by atoms with Crippen LogP contribution in [-0.2, 0) is 20.7 Å². The van der Waals surface area contributed by atoms with Crippen LogP contribution in [0, 0.1) is 22.7 Å². The molecule has 0 spiro atoms. The summed E-state index contributed by atoms with van der Waals surface area (Å²) < 4.78 is 11.1. The van der Waals surface area contributed by atoms with Gasteiger partial charge in [0, 0.05) is 17.1 Å². The zero-order valence-corrected chi connectivity index (χ0v) is 18.7. The fourth-order valence-electron chi connectivity index (χ4n) is 5.97. The molecule has 1 aromatic rings. The van der Waals surface area contributed by atoms with Gasteiger partial charge in [0.15, 0.2) is 0 Å². The van der Waals surface area contributed by atoms with E-state index in [-0.39, 0.29) is 28.6 Å². The minimum Gasteiger partial charge on any atom is -0.478 e. The smallest absolute Gasteiger partial charge is 0.333 e. The average molecular weight is 415 g/mol. The van der Waals surface area contributed by atoms with Crippen molar-refractivity contribution < 1.29 is 23.8 Å². The summed E-state index contributed by atoms with van der Waals surface area (Å²) in [5.41, 5.74) is 1.68. The second kappa shape index (κ2) is 8.44. The van der Waals surface area contributed by atoms with E-state index >= 15 is 0 Å². The standard InChI is InChI=1S/C25H34O5/c1-6-16(2)23(28)30-20-14-18(22(26)27)19(9-8-17-10-13-29-15-17)25(5)12-7-11-24(3,4)21(20)25/h6,10,13-15,19-21H,7-9,11-12H2,1-5H3,(H,26,27)/b16-6-/t19-,20?,21-,25+/m0/s1. The van der Waals surface area contributed by atoms with Gasteiger partial charge in [-0.2, -0.15) is 0 Å². The normalized spacial score (nSPS) is 30.9. The molecule has 3 rings (SSSR count). The van der Waals surface area contributed by atoms with E-state index in [0.29, 0.717) is 11.1 Å². The van der Waals surface area contributed by atoms with Gasteiger partial charge in [-0.1, -0.05) is 33.3 Å². The maximum Gasteiger partial charge on any atom is 0.333 e. The van der Waals surface area contributed by atoms with Gasteiger partial charge in [0.05, 0.1) is 12.5 Å². The lowest BCUT2D eigenvalue weighted by Gasteiger charge is -2.58. The summed E-state index contributed by atoms with van der Waals surface area (Å²) in [5.74, 6) is -1.33. The number of carboxylic acid groups (broad SMARTS) is 1. The van der Waals surface area contributed by atoms with Crippen LogP contribution < -0.4 is 0 Å². The van der Waals surface area contributed by atoms with Crippen molar-refractivity contribution in [1.82, 2.24) is 0 Å². The number of rotatable bonds is 6. The quantitative estimate of drug-likeness (QED) is 0.487. The second-order valence-electron chi connectivity index (χ2n) is 9.82. The van der Waals surface area contributed by atoms with Gasteiger partial charge in [0.2, 0.25) is 0 Å². The van der Waals surface area contributed by atoms with E-state index in [1.165, 1.54) is 0 Å². The number of hydrogen-bond donors (Lipinski definition) is 1. The van der Waals surface area contributed by atoms with E-state index in [1.54, 1.807) is 38.5 Å². The van der Waals surface area contributed by atoms with E-state index in [4.69, 9.17) is 9.15 Å². The molecule has 5 heteroatoms. The highest BCUT2D eigenvalue weighted by molar-refractivity contribution is 5.89. The van der Waals surface area contributed by atoms with Crippen LogP contribution in [0.1, 0.15) is 65.9 Å².